The van der Waals surface area contributed by atoms with Crippen LogP contribution in [0.5, 0.6) is 11.5 Å². The Morgan fingerprint density at radius 1 is 1.27 bits per heavy atom. The van der Waals surface area contributed by atoms with Crippen molar-refractivity contribution in [3.8, 4) is 17.6 Å². The van der Waals surface area contributed by atoms with Crippen molar-refractivity contribution in [3.05, 3.63) is 61.6 Å². The van der Waals surface area contributed by atoms with E-state index in [9.17, 15) is 19.6 Å². The molecule has 2 amide bonds. The summed E-state index contributed by atoms with van der Waals surface area (Å²) in [5.74, 6) is -0.176. The molecule has 0 aromatic heterocycles. The lowest BCUT2D eigenvalue weighted by molar-refractivity contribution is -0.145. The predicted octanol–water partition coefficient (Wildman–Crippen LogP) is 4.35. The number of imide groups is 1. The monoisotopic (exact) mass is 578 g/mol. The highest BCUT2D eigenvalue weighted by Gasteiger charge is 2.35. The van der Waals surface area contributed by atoms with E-state index in [0.717, 1.165) is 16.7 Å². The number of rotatable bonds is 8. The summed E-state index contributed by atoms with van der Waals surface area (Å²) >= 11 is 2.87. The molecular weight excluding hydrogens is 559 g/mol. The molecule has 0 N–H and O–H groups in total. The summed E-state index contributed by atoms with van der Waals surface area (Å²) in [7, 11) is 1.47. The van der Waals surface area contributed by atoms with Crippen LogP contribution >= 0.6 is 34.4 Å². The van der Waals surface area contributed by atoms with Crippen LogP contribution in [0.15, 0.2) is 41.3 Å². The molecule has 8 nitrogen and oxygen atoms in total. The lowest BCUT2D eigenvalue weighted by Gasteiger charge is -2.14. The smallest absolute Gasteiger partial charge is 0.344 e. The maximum atomic E-state index is 12.9. The number of thioether (sulfide) groups is 1. The minimum absolute atomic E-state index is 0.0211. The number of ether oxygens (including phenoxy) is 3. The quantitative estimate of drug-likeness (QED) is 0.259. The Hall–Kier alpha value is -3.04. The predicted molar refractivity (Wildman–Crippen MR) is 131 cm³/mol. The van der Waals surface area contributed by atoms with E-state index in [1.54, 1.807) is 49.4 Å². The summed E-state index contributed by atoms with van der Waals surface area (Å²) in [6.07, 6.45) is 1.60. The number of hydrogen-bond acceptors (Lipinski definition) is 8. The van der Waals surface area contributed by atoms with Gasteiger partial charge in [0.2, 0.25) is 0 Å². The Labute approximate surface area is 208 Å². The minimum Gasteiger partial charge on any atom is -0.493 e. The van der Waals surface area contributed by atoms with Gasteiger partial charge in [-0.3, -0.25) is 14.5 Å². The minimum atomic E-state index is -0.494. The SMILES string of the molecule is CCOC(=O)COc1c(I)cc(/C=C2/SC(=O)N(Cc3ccccc3C#N)C2=O)cc1OC. The second-order valence-corrected chi connectivity index (χ2v) is 8.82. The Bertz CT molecular complexity index is 1170. The molecule has 1 aliphatic heterocycles. The number of nitrogens with zero attached hydrogens (tertiary/aromatic N) is 2. The Kier molecular flexibility index (Phi) is 8.35. The summed E-state index contributed by atoms with van der Waals surface area (Å²) in [6, 6.07) is 12.3. The van der Waals surface area contributed by atoms with Crippen molar-refractivity contribution in [3.63, 3.8) is 0 Å². The molecule has 170 valence electrons. The molecule has 1 saturated heterocycles. The van der Waals surface area contributed by atoms with Crippen molar-refractivity contribution in [2.45, 2.75) is 13.5 Å². The van der Waals surface area contributed by atoms with E-state index in [1.807, 2.05) is 22.6 Å². The number of hydrogen-bond donors (Lipinski definition) is 0. The van der Waals surface area contributed by atoms with Crippen LogP contribution in [-0.4, -0.2) is 42.3 Å². The summed E-state index contributed by atoms with van der Waals surface area (Å²) < 4.78 is 16.5. The number of methoxy groups -OCH3 is 1. The molecule has 0 radical (unpaired) electrons. The molecule has 1 fully saturated rings. The van der Waals surface area contributed by atoms with Gasteiger partial charge in [-0.05, 0) is 76.7 Å². The molecule has 1 aliphatic rings. The maximum Gasteiger partial charge on any atom is 0.344 e. The van der Waals surface area contributed by atoms with Gasteiger partial charge in [0.25, 0.3) is 11.1 Å². The van der Waals surface area contributed by atoms with Gasteiger partial charge in [0.05, 0.1) is 40.4 Å². The number of nitriles is 1. The van der Waals surface area contributed by atoms with Gasteiger partial charge in [-0.2, -0.15) is 5.26 Å². The lowest BCUT2D eigenvalue weighted by atomic mass is 10.1. The zero-order valence-corrected chi connectivity index (χ0v) is 20.8. The van der Waals surface area contributed by atoms with Gasteiger partial charge in [0.1, 0.15) is 0 Å². The van der Waals surface area contributed by atoms with Crippen LogP contribution in [0.25, 0.3) is 6.08 Å². The van der Waals surface area contributed by atoms with E-state index in [2.05, 4.69) is 6.07 Å². The van der Waals surface area contributed by atoms with Gasteiger partial charge in [-0.1, -0.05) is 18.2 Å². The number of esters is 1. The topological polar surface area (TPSA) is 106 Å². The zero-order valence-electron chi connectivity index (χ0n) is 17.8. The number of halogens is 1. The molecule has 0 spiro atoms. The summed E-state index contributed by atoms with van der Waals surface area (Å²) in [6.45, 7) is 1.73. The maximum absolute atomic E-state index is 12.9. The molecule has 0 bridgehead atoms. The highest BCUT2D eigenvalue weighted by Crippen LogP contribution is 2.37. The Morgan fingerprint density at radius 3 is 2.73 bits per heavy atom. The molecule has 0 unspecified atom stereocenters. The van der Waals surface area contributed by atoms with E-state index in [0.29, 0.717) is 31.8 Å². The summed E-state index contributed by atoms with van der Waals surface area (Å²) in [5.41, 5.74) is 1.64. The van der Waals surface area contributed by atoms with Crippen LogP contribution in [0.4, 0.5) is 4.79 Å². The van der Waals surface area contributed by atoms with Crippen LogP contribution in [-0.2, 0) is 20.9 Å². The second kappa shape index (κ2) is 11.2. The molecule has 1 heterocycles. The largest absolute Gasteiger partial charge is 0.493 e. The normalized spacial score (nSPS) is 14.4. The molecule has 3 rings (SSSR count). The van der Waals surface area contributed by atoms with Gasteiger partial charge in [0.15, 0.2) is 18.1 Å². The van der Waals surface area contributed by atoms with Crippen LogP contribution in [0.1, 0.15) is 23.6 Å². The summed E-state index contributed by atoms with van der Waals surface area (Å²) in [5, 5.41) is 8.85. The van der Waals surface area contributed by atoms with Gasteiger partial charge < -0.3 is 14.2 Å². The first-order valence-electron chi connectivity index (χ1n) is 9.77. The van der Waals surface area contributed by atoms with Crippen LogP contribution in [0, 0.1) is 14.9 Å². The first kappa shape index (κ1) is 24.6. The lowest BCUT2D eigenvalue weighted by Crippen LogP contribution is -2.27. The third kappa shape index (κ3) is 5.85. The summed E-state index contributed by atoms with van der Waals surface area (Å²) in [4.78, 5) is 38.4. The van der Waals surface area contributed by atoms with Crippen molar-refractivity contribution in [1.29, 1.82) is 5.26 Å². The molecule has 0 aliphatic carbocycles. The van der Waals surface area contributed by atoms with Gasteiger partial charge in [-0.25, -0.2) is 4.79 Å². The highest BCUT2D eigenvalue weighted by molar-refractivity contribution is 14.1. The third-order valence-electron chi connectivity index (χ3n) is 4.53. The third-order valence-corrected chi connectivity index (χ3v) is 6.24. The molecule has 10 heteroatoms. The second-order valence-electron chi connectivity index (χ2n) is 6.66. The fourth-order valence-corrected chi connectivity index (χ4v) is 4.64. The van der Waals surface area contributed by atoms with Crippen LogP contribution in [0.2, 0.25) is 0 Å². The van der Waals surface area contributed by atoms with E-state index in [4.69, 9.17) is 14.2 Å². The van der Waals surface area contributed by atoms with E-state index >= 15 is 0 Å². The molecule has 33 heavy (non-hydrogen) atoms. The van der Waals surface area contributed by atoms with E-state index in [-0.39, 0.29) is 24.7 Å². The van der Waals surface area contributed by atoms with Gasteiger partial charge in [-0.15, -0.1) is 0 Å². The number of benzene rings is 2. The van der Waals surface area contributed by atoms with Crippen molar-refractivity contribution in [1.82, 2.24) is 4.90 Å². The molecule has 2 aromatic rings. The van der Waals surface area contributed by atoms with E-state index < -0.39 is 17.1 Å². The van der Waals surface area contributed by atoms with E-state index in [1.165, 1.54) is 7.11 Å². The van der Waals surface area contributed by atoms with Crippen molar-refractivity contribution < 1.29 is 28.6 Å². The zero-order chi connectivity index (χ0) is 24.0. The first-order chi connectivity index (χ1) is 15.9. The molecular formula is C23H19IN2O6S. The standard InChI is InChI=1S/C23H19IN2O6S/c1-3-31-20(27)13-32-21-17(24)8-14(9-18(21)30-2)10-19-22(28)26(23(29)33-19)12-16-7-5-4-6-15(16)11-25/h4-10H,3,12-13H2,1-2H3/b19-10+. The Morgan fingerprint density at radius 2 is 2.03 bits per heavy atom. The van der Waals surface area contributed by atoms with Crippen LogP contribution < -0.4 is 9.47 Å². The molecule has 0 saturated carbocycles. The fraction of sp³-hybridized carbons (Fsp3) is 0.217. The molecule has 0 atom stereocenters. The van der Waals surface area contributed by atoms with Gasteiger partial charge >= 0.3 is 5.97 Å². The highest BCUT2D eigenvalue weighted by atomic mass is 127. The molecule has 2 aromatic carbocycles. The first-order valence-corrected chi connectivity index (χ1v) is 11.7. The van der Waals surface area contributed by atoms with Crippen molar-refractivity contribution in [2.75, 3.05) is 20.3 Å². The Balaban J connectivity index is 1.82. The fourth-order valence-electron chi connectivity index (χ4n) is 3.02. The van der Waals surface area contributed by atoms with Crippen LogP contribution in [0.3, 0.4) is 0 Å². The number of carbonyl (C=O) groups is 3. The number of amides is 2. The van der Waals surface area contributed by atoms with Crippen molar-refractivity contribution in [2.24, 2.45) is 0 Å². The average Bonchev–Trinajstić information content (AvgIpc) is 3.05. The average molecular weight is 578 g/mol. The number of carbonyl (C=O) groups excluding carboxylic acids is 3. The van der Waals surface area contributed by atoms with Crippen molar-refractivity contribution >= 4 is 57.5 Å². The van der Waals surface area contributed by atoms with Gasteiger partial charge in [0, 0.05) is 0 Å².